The molecule has 0 radical (unpaired) electrons. The Bertz CT molecular complexity index is 879. The summed E-state index contributed by atoms with van der Waals surface area (Å²) in [5, 5.41) is 1.90. The van der Waals surface area contributed by atoms with Gasteiger partial charge >= 0.3 is 6.01 Å². The molecule has 25 heavy (non-hydrogen) atoms. The van der Waals surface area contributed by atoms with Crippen molar-refractivity contribution >= 4 is 16.7 Å². The Morgan fingerprint density at radius 3 is 2.76 bits per heavy atom. The second-order valence-corrected chi connectivity index (χ2v) is 6.05. The summed E-state index contributed by atoms with van der Waals surface area (Å²) in [6.45, 7) is 1.22. The van der Waals surface area contributed by atoms with Crippen LogP contribution in [0.15, 0.2) is 55.0 Å². The summed E-state index contributed by atoms with van der Waals surface area (Å²) in [6, 6.07) is 11.8. The molecule has 0 spiro atoms. The zero-order valence-electron chi connectivity index (χ0n) is 13.7. The van der Waals surface area contributed by atoms with Gasteiger partial charge in [-0.1, -0.05) is 24.3 Å². The zero-order chi connectivity index (χ0) is 17.1. The fourth-order valence-electron chi connectivity index (χ4n) is 3.15. The Hall–Kier alpha value is -3.02. The van der Waals surface area contributed by atoms with Crippen LogP contribution in [0.25, 0.3) is 10.8 Å². The molecule has 0 aliphatic carbocycles. The number of nitrogens with zero attached hydrogens (tertiary/aromatic N) is 4. The lowest BCUT2D eigenvalue weighted by atomic mass is 10.1. The molecule has 1 aliphatic heterocycles. The molecule has 126 valence electrons. The summed E-state index contributed by atoms with van der Waals surface area (Å²) in [7, 11) is 0. The average Bonchev–Trinajstić information content (AvgIpc) is 2.68. The van der Waals surface area contributed by atoms with Gasteiger partial charge in [-0.2, -0.15) is 0 Å². The van der Waals surface area contributed by atoms with Crippen LogP contribution >= 0.6 is 0 Å². The molecule has 1 saturated heterocycles. The molecule has 0 saturated carbocycles. The second kappa shape index (κ2) is 6.84. The fraction of sp³-hybridized carbons (Fsp3) is 0.263. The first-order valence-electron chi connectivity index (χ1n) is 8.38. The predicted octanol–water partition coefficient (Wildman–Crippen LogP) is 2.71. The number of piperidine rings is 1. The van der Waals surface area contributed by atoms with Crippen molar-refractivity contribution in [3.8, 4) is 6.01 Å². The van der Waals surface area contributed by atoms with Crippen molar-refractivity contribution in [2.75, 3.05) is 13.1 Å². The quantitative estimate of drug-likeness (QED) is 0.737. The molecule has 1 atom stereocenters. The highest BCUT2D eigenvalue weighted by Gasteiger charge is 2.27. The number of ether oxygens (including phenoxy) is 1. The number of hydrogen-bond donors (Lipinski definition) is 0. The lowest BCUT2D eigenvalue weighted by molar-refractivity contribution is 0.0512. The van der Waals surface area contributed by atoms with E-state index in [1.807, 2.05) is 35.2 Å². The van der Waals surface area contributed by atoms with Gasteiger partial charge in [0.25, 0.3) is 5.91 Å². The summed E-state index contributed by atoms with van der Waals surface area (Å²) in [6.07, 6.45) is 6.64. The van der Waals surface area contributed by atoms with Crippen LogP contribution in [0.4, 0.5) is 0 Å². The maximum Gasteiger partial charge on any atom is 0.316 e. The van der Waals surface area contributed by atoms with Crippen LogP contribution in [0, 0.1) is 0 Å². The van der Waals surface area contributed by atoms with Gasteiger partial charge in [0.15, 0.2) is 0 Å². The van der Waals surface area contributed by atoms with E-state index in [0.29, 0.717) is 24.8 Å². The van der Waals surface area contributed by atoms with E-state index in [2.05, 4.69) is 15.0 Å². The van der Waals surface area contributed by atoms with E-state index in [0.717, 1.165) is 23.6 Å². The van der Waals surface area contributed by atoms with Crippen LogP contribution in [-0.4, -0.2) is 45.0 Å². The first-order chi connectivity index (χ1) is 12.3. The Kier molecular flexibility index (Phi) is 4.24. The number of rotatable bonds is 3. The monoisotopic (exact) mass is 334 g/mol. The molecule has 1 amide bonds. The largest absolute Gasteiger partial charge is 0.458 e. The summed E-state index contributed by atoms with van der Waals surface area (Å²) >= 11 is 0. The maximum absolute atomic E-state index is 13.0. The van der Waals surface area contributed by atoms with Crippen LogP contribution in [0.5, 0.6) is 6.01 Å². The van der Waals surface area contributed by atoms with Crippen LogP contribution < -0.4 is 4.74 Å². The van der Waals surface area contributed by atoms with Gasteiger partial charge in [0, 0.05) is 30.5 Å². The van der Waals surface area contributed by atoms with Crippen LogP contribution in [0.3, 0.4) is 0 Å². The van der Waals surface area contributed by atoms with Gasteiger partial charge in [0.1, 0.15) is 11.8 Å². The van der Waals surface area contributed by atoms with Gasteiger partial charge in [-0.3, -0.25) is 9.78 Å². The van der Waals surface area contributed by atoms with Crippen molar-refractivity contribution in [2.45, 2.75) is 18.9 Å². The number of likely N-dealkylation sites (tertiary alicyclic amines) is 1. The number of carbonyl (C=O) groups is 1. The van der Waals surface area contributed by atoms with E-state index in [1.54, 1.807) is 24.7 Å². The maximum atomic E-state index is 13.0. The highest BCUT2D eigenvalue weighted by Crippen LogP contribution is 2.21. The van der Waals surface area contributed by atoms with Gasteiger partial charge in [0.2, 0.25) is 0 Å². The second-order valence-electron chi connectivity index (χ2n) is 6.05. The van der Waals surface area contributed by atoms with E-state index in [-0.39, 0.29) is 12.0 Å². The summed E-state index contributed by atoms with van der Waals surface area (Å²) in [5.74, 6) is -0.0564. The van der Waals surface area contributed by atoms with Crippen molar-refractivity contribution in [1.82, 2.24) is 19.9 Å². The minimum absolute atomic E-state index is 0.0564. The SMILES string of the molecule is O=C(c1nccc2ccccc12)N1CCCC(Oc2ncccn2)C1. The predicted molar refractivity (Wildman–Crippen MR) is 93.3 cm³/mol. The van der Waals surface area contributed by atoms with Gasteiger partial charge in [-0.15, -0.1) is 0 Å². The topological polar surface area (TPSA) is 68.2 Å². The Labute approximate surface area is 145 Å². The number of carbonyl (C=O) groups excluding carboxylic acids is 1. The molecule has 0 N–H and O–H groups in total. The standard InChI is InChI=1S/C19H18N4O2/c24-18(17-16-7-2-1-5-14(16)8-11-20-17)23-12-3-6-15(13-23)25-19-21-9-4-10-22-19/h1-2,4-5,7-11,15H,3,6,12-13H2. The number of amides is 1. The molecule has 4 rings (SSSR count). The van der Waals surface area contributed by atoms with E-state index in [1.165, 1.54) is 0 Å². The van der Waals surface area contributed by atoms with Crippen molar-refractivity contribution in [3.63, 3.8) is 0 Å². The number of aromatic nitrogens is 3. The number of fused-ring (bicyclic) bond motifs is 1. The smallest absolute Gasteiger partial charge is 0.316 e. The molecule has 1 aromatic carbocycles. The lowest BCUT2D eigenvalue weighted by Gasteiger charge is -2.32. The van der Waals surface area contributed by atoms with Crippen LogP contribution in [0.1, 0.15) is 23.3 Å². The summed E-state index contributed by atoms with van der Waals surface area (Å²) in [4.78, 5) is 27.3. The summed E-state index contributed by atoms with van der Waals surface area (Å²) < 4.78 is 5.82. The van der Waals surface area contributed by atoms with Gasteiger partial charge in [-0.25, -0.2) is 9.97 Å². The zero-order valence-corrected chi connectivity index (χ0v) is 13.7. The number of hydrogen-bond acceptors (Lipinski definition) is 5. The van der Waals surface area contributed by atoms with E-state index in [4.69, 9.17) is 4.74 Å². The lowest BCUT2D eigenvalue weighted by Crippen LogP contribution is -2.44. The molecule has 1 unspecified atom stereocenters. The molecule has 1 fully saturated rings. The highest BCUT2D eigenvalue weighted by atomic mass is 16.5. The van der Waals surface area contributed by atoms with E-state index < -0.39 is 0 Å². The molecule has 3 aromatic rings. The van der Waals surface area contributed by atoms with Crippen molar-refractivity contribution in [2.24, 2.45) is 0 Å². The molecular formula is C19H18N4O2. The Balaban J connectivity index is 1.53. The molecule has 3 heterocycles. The highest BCUT2D eigenvalue weighted by molar-refractivity contribution is 6.05. The van der Waals surface area contributed by atoms with Gasteiger partial charge in [0.05, 0.1) is 6.54 Å². The van der Waals surface area contributed by atoms with Crippen molar-refractivity contribution in [3.05, 3.63) is 60.7 Å². The van der Waals surface area contributed by atoms with E-state index >= 15 is 0 Å². The molecular weight excluding hydrogens is 316 g/mol. The fourth-order valence-corrected chi connectivity index (χ4v) is 3.15. The van der Waals surface area contributed by atoms with Crippen molar-refractivity contribution < 1.29 is 9.53 Å². The Morgan fingerprint density at radius 2 is 1.88 bits per heavy atom. The normalized spacial score (nSPS) is 17.4. The average molecular weight is 334 g/mol. The number of benzene rings is 1. The van der Waals surface area contributed by atoms with Crippen LogP contribution in [0.2, 0.25) is 0 Å². The third-order valence-electron chi connectivity index (χ3n) is 4.36. The molecule has 2 aromatic heterocycles. The van der Waals surface area contributed by atoms with Crippen molar-refractivity contribution in [1.29, 1.82) is 0 Å². The molecule has 1 aliphatic rings. The first kappa shape index (κ1) is 15.5. The molecule has 0 bridgehead atoms. The number of pyridine rings is 1. The van der Waals surface area contributed by atoms with Gasteiger partial charge < -0.3 is 9.64 Å². The third kappa shape index (κ3) is 3.28. The summed E-state index contributed by atoms with van der Waals surface area (Å²) in [5.41, 5.74) is 0.495. The first-order valence-corrected chi connectivity index (χ1v) is 8.38. The molecule has 6 heteroatoms. The van der Waals surface area contributed by atoms with E-state index in [9.17, 15) is 4.79 Å². The van der Waals surface area contributed by atoms with Gasteiger partial charge in [-0.05, 0) is 30.4 Å². The third-order valence-corrected chi connectivity index (χ3v) is 4.36. The minimum Gasteiger partial charge on any atom is -0.458 e. The Morgan fingerprint density at radius 1 is 1.04 bits per heavy atom. The minimum atomic E-state index is -0.102. The molecule has 6 nitrogen and oxygen atoms in total. The van der Waals surface area contributed by atoms with Crippen LogP contribution in [-0.2, 0) is 0 Å².